The lowest BCUT2D eigenvalue weighted by Crippen LogP contribution is -2.31. The molecule has 0 atom stereocenters. The number of halogens is 1. The molecule has 5 heteroatoms. The Labute approximate surface area is 115 Å². The minimum atomic E-state index is -0.418. The summed E-state index contributed by atoms with van der Waals surface area (Å²) in [6.45, 7) is 4.18. The summed E-state index contributed by atoms with van der Waals surface area (Å²) in [4.78, 5) is 25.6. The predicted octanol–water partition coefficient (Wildman–Crippen LogP) is 2.11. The van der Waals surface area contributed by atoms with E-state index in [1.165, 1.54) is 4.57 Å². The van der Waals surface area contributed by atoms with Crippen LogP contribution in [0.4, 0.5) is 0 Å². The first-order chi connectivity index (χ1) is 9.01. The lowest BCUT2D eigenvalue weighted by atomic mass is 10.1. The summed E-state index contributed by atoms with van der Waals surface area (Å²) in [6, 6.07) is 5.69. The SMILES string of the molecule is CCc1cn(Cc2ccc(C)cc2Cl)c(=O)[nH]c1=O. The molecule has 0 fully saturated rings. The molecule has 1 aromatic carbocycles. The fourth-order valence-corrected chi connectivity index (χ4v) is 2.18. The molecule has 0 radical (unpaired) electrons. The number of nitrogens with zero attached hydrogens (tertiary/aromatic N) is 1. The molecule has 2 rings (SSSR count). The van der Waals surface area contributed by atoms with Crippen LogP contribution in [0.5, 0.6) is 0 Å². The van der Waals surface area contributed by atoms with E-state index in [0.29, 0.717) is 23.6 Å². The van der Waals surface area contributed by atoms with Crippen LogP contribution in [-0.2, 0) is 13.0 Å². The standard InChI is InChI=1S/C14H15ClN2O2/c1-3-10-7-17(14(19)16-13(10)18)8-11-5-4-9(2)6-12(11)15/h4-7H,3,8H2,1-2H3,(H,16,18,19). The largest absolute Gasteiger partial charge is 0.328 e. The summed E-state index contributed by atoms with van der Waals surface area (Å²) in [6.07, 6.45) is 2.18. The fraction of sp³-hybridized carbons (Fsp3) is 0.286. The van der Waals surface area contributed by atoms with Crippen molar-refractivity contribution in [3.8, 4) is 0 Å². The second-order valence-electron chi connectivity index (χ2n) is 4.49. The zero-order chi connectivity index (χ0) is 14.0. The molecule has 0 aliphatic heterocycles. The van der Waals surface area contributed by atoms with Gasteiger partial charge in [-0.1, -0.05) is 30.7 Å². The maximum atomic E-state index is 11.8. The Bertz CT molecular complexity index is 716. The van der Waals surface area contributed by atoms with Crippen LogP contribution in [0, 0.1) is 6.92 Å². The second kappa shape index (κ2) is 5.45. The van der Waals surface area contributed by atoms with Gasteiger partial charge in [-0.15, -0.1) is 0 Å². The van der Waals surface area contributed by atoms with E-state index in [0.717, 1.165) is 11.1 Å². The minimum Gasteiger partial charge on any atom is -0.296 e. The van der Waals surface area contributed by atoms with Gasteiger partial charge in [0.25, 0.3) is 5.56 Å². The first kappa shape index (κ1) is 13.6. The van der Waals surface area contributed by atoms with Gasteiger partial charge in [0.1, 0.15) is 0 Å². The second-order valence-corrected chi connectivity index (χ2v) is 4.90. The maximum Gasteiger partial charge on any atom is 0.328 e. The van der Waals surface area contributed by atoms with Crippen LogP contribution in [0.1, 0.15) is 23.6 Å². The molecule has 0 saturated carbocycles. The summed E-state index contributed by atoms with van der Waals surface area (Å²) in [5.74, 6) is 0. The number of benzene rings is 1. The third-order valence-electron chi connectivity index (χ3n) is 3.01. The van der Waals surface area contributed by atoms with Crippen molar-refractivity contribution in [2.45, 2.75) is 26.8 Å². The van der Waals surface area contributed by atoms with Gasteiger partial charge >= 0.3 is 5.69 Å². The number of aryl methyl sites for hydroxylation is 2. The van der Waals surface area contributed by atoms with E-state index >= 15 is 0 Å². The average molecular weight is 279 g/mol. The smallest absolute Gasteiger partial charge is 0.296 e. The molecular formula is C14H15ClN2O2. The zero-order valence-corrected chi connectivity index (χ0v) is 11.6. The van der Waals surface area contributed by atoms with Gasteiger partial charge in [-0.2, -0.15) is 0 Å². The van der Waals surface area contributed by atoms with Gasteiger partial charge in [0, 0.05) is 16.8 Å². The minimum absolute atomic E-state index is 0.321. The molecule has 100 valence electrons. The van der Waals surface area contributed by atoms with Crippen molar-refractivity contribution in [2.24, 2.45) is 0 Å². The predicted molar refractivity (Wildman–Crippen MR) is 76.0 cm³/mol. The van der Waals surface area contributed by atoms with Crippen LogP contribution in [0.3, 0.4) is 0 Å². The van der Waals surface area contributed by atoms with E-state index in [2.05, 4.69) is 4.98 Å². The average Bonchev–Trinajstić information content (AvgIpc) is 2.35. The zero-order valence-electron chi connectivity index (χ0n) is 10.9. The van der Waals surface area contributed by atoms with E-state index in [1.54, 1.807) is 6.20 Å². The molecule has 19 heavy (non-hydrogen) atoms. The summed E-state index contributed by atoms with van der Waals surface area (Å²) in [7, 11) is 0. The highest BCUT2D eigenvalue weighted by Crippen LogP contribution is 2.18. The van der Waals surface area contributed by atoms with Crippen molar-refractivity contribution in [1.29, 1.82) is 0 Å². The number of nitrogens with one attached hydrogen (secondary N) is 1. The van der Waals surface area contributed by atoms with Crippen molar-refractivity contribution in [3.05, 3.63) is 66.9 Å². The molecule has 0 saturated heterocycles. The van der Waals surface area contributed by atoms with E-state index in [9.17, 15) is 9.59 Å². The molecule has 0 spiro atoms. The summed E-state index contributed by atoms with van der Waals surface area (Å²) >= 11 is 6.15. The molecule has 1 N–H and O–H groups in total. The van der Waals surface area contributed by atoms with Crippen LogP contribution < -0.4 is 11.2 Å². The number of aromatic nitrogens is 2. The van der Waals surface area contributed by atoms with Gasteiger partial charge in [-0.3, -0.25) is 14.3 Å². The van der Waals surface area contributed by atoms with Crippen LogP contribution in [-0.4, -0.2) is 9.55 Å². The summed E-state index contributed by atoms with van der Waals surface area (Å²) in [5, 5.41) is 0.621. The molecule has 2 aromatic rings. The number of aromatic amines is 1. The summed E-state index contributed by atoms with van der Waals surface area (Å²) < 4.78 is 1.47. The van der Waals surface area contributed by atoms with E-state index < -0.39 is 5.69 Å². The third-order valence-corrected chi connectivity index (χ3v) is 3.37. The Morgan fingerprint density at radius 3 is 2.63 bits per heavy atom. The van der Waals surface area contributed by atoms with Gasteiger partial charge in [-0.05, 0) is 30.5 Å². The number of rotatable bonds is 3. The number of hydrogen-bond acceptors (Lipinski definition) is 2. The quantitative estimate of drug-likeness (QED) is 0.935. The first-order valence-electron chi connectivity index (χ1n) is 6.09. The topological polar surface area (TPSA) is 54.9 Å². The van der Waals surface area contributed by atoms with Gasteiger partial charge < -0.3 is 0 Å². The molecule has 0 aliphatic rings. The monoisotopic (exact) mass is 278 g/mol. The Hall–Kier alpha value is -1.81. The molecular weight excluding hydrogens is 264 g/mol. The highest BCUT2D eigenvalue weighted by Gasteiger charge is 2.06. The van der Waals surface area contributed by atoms with Crippen molar-refractivity contribution in [3.63, 3.8) is 0 Å². The maximum absolute atomic E-state index is 11.8. The lowest BCUT2D eigenvalue weighted by molar-refractivity contribution is 0.707. The third kappa shape index (κ3) is 2.96. The van der Waals surface area contributed by atoms with E-state index in [1.807, 2.05) is 32.0 Å². The normalized spacial score (nSPS) is 10.7. The highest BCUT2D eigenvalue weighted by molar-refractivity contribution is 6.31. The van der Waals surface area contributed by atoms with Crippen molar-refractivity contribution < 1.29 is 0 Å². The van der Waals surface area contributed by atoms with E-state index in [4.69, 9.17) is 11.6 Å². The first-order valence-corrected chi connectivity index (χ1v) is 6.46. The molecule has 0 aliphatic carbocycles. The Kier molecular flexibility index (Phi) is 3.90. The van der Waals surface area contributed by atoms with Crippen molar-refractivity contribution in [2.75, 3.05) is 0 Å². The van der Waals surface area contributed by atoms with Crippen molar-refractivity contribution in [1.82, 2.24) is 9.55 Å². The Morgan fingerprint density at radius 2 is 2.00 bits per heavy atom. The van der Waals surface area contributed by atoms with Crippen LogP contribution >= 0.6 is 11.6 Å². The molecule has 1 aromatic heterocycles. The Morgan fingerprint density at radius 1 is 1.26 bits per heavy atom. The Balaban J connectivity index is 2.43. The van der Waals surface area contributed by atoms with Gasteiger partial charge in [0.2, 0.25) is 0 Å². The molecule has 0 unspecified atom stereocenters. The van der Waals surface area contributed by atoms with Gasteiger partial charge in [0.15, 0.2) is 0 Å². The van der Waals surface area contributed by atoms with Crippen LogP contribution in [0.25, 0.3) is 0 Å². The number of H-pyrrole nitrogens is 1. The molecule has 0 bridgehead atoms. The highest BCUT2D eigenvalue weighted by atomic mass is 35.5. The van der Waals surface area contributed by atoms with E-state index in [-0.39, 0.29) is 5.56 Å². The molecule has 1 heterocycles. The van der Waals surface area contributed by atoms with Crippen LogP contribution in [0.15, 0.2) is 34.0 Å². The fourth-order valence-electron chi connectivity index (χ4n) is 1.89. The van der Waals surface area contributed by atoms with Gasteiger partial charge in [0.05, 0.1) is 6.54 Å². The van der Waals surface area contributed by atoms with Crippen molar-refractivity contribution >= 4 is 11.6 Å². The molecule has 4 nitrogen and oxygen atoms in total. The summed E-state index contributed by atoms with van der Waals surface area (Å²) in [5.41, 5.74) is 1.76. The van der Waals surface area contributed by atoms with Crippen LogP contribution in [0.2, 0.25) is 5.02 Å². The molecule has 0 amide bonds. The number of hydrogen-bond donors (Lipinski definition) is 1. The van der Waals surface area contributed by atoms with Gasteiger partial charge in [-0.25, -0.2) is 4.79 Å². The lowest BCUT2D eigenvalue weighted by Gasteiger charge is -2.09.